The highest BCUT2D eigenvalue weighted by molar-refractivity contribution is 8.13. The van der Waals surface area contributed by atoms with Crippen LogP contribution in [0.15, 0.2) is 107 Å². The third-order valence-corrected chi connectivity index (χ3v) is 10.3. The monoisotopic (exact) mass is 812 g/mol. The Morgan fingerprint density at radius 3 is 1.67 bits per heavy atom. The van der Waals surface area contributed by atoms with Crippen molar-refractivity contribution in [3.05, 3.63) is 147 Å². The van der Waals surface area contributed by atoms with E-state index in [4.69, 9.17) is 38.6 Å². The van der Waals surface area contributed by atoms with Crippen LogP contribution in [-0.2, 0) is 28.2 Å². The van der Waals surface area contributed by atoms with Crippen molar-refractivity contribution in [1.82, 2.24) is 0 Å². The maximum Gasteiger partial charge on any atom is 0.261 e. The first-order valence-electron chi connectivity index (χ1n) is 14.8. The van der Waals surface area contributed by atoms with E-state index in [1.807, 2.05) is 24.3 Å². The largest absolute Gasteiger partial charge is 0.497 e. The Kier molecular flexibility index (Phi) is 14.4. The third-order valence-electron chi connectivity index (χ3n) is 7.12. The number of hydrogen-bond acceptors (Lipinski definition) is 6. The van der Waals surface area contributed by atoms with Crippen LogP contribution in [0.4, 0.5) is 28.9 Å². The molecule has 0 fully saturated rings. The SMILES string of the molecule is COc1ccc(CSc2cc(C(=O)Nc3ccc(F)c(Cl)c3)ccc2CF)cc1.O=C(Nc1ccc(F)c(Cl)c1)c1ccc(CF)c(S(=O)(=O)Cl)c1. The van der Waals surface area contributed by atoms with Gasteiger partial charge in [-0.05, 0) is 83.9 Å². The molecule has 0 bridgehead atoms. The van der Waals surface area contributed by atoms with Gasteiger partial charge in [-0.3, -0.25) is 9.59 Å². The fourth-order valence-corrected chi connectivity index (χ4v) is 6.94. The molecule has 0 aromatic heterocycles. The molecule has 7 nitrogen and oxygen atoms in total. The van der Waals surface area contributed by atoms with Crippen molar-refractivity contribution in [2.24, 2.45) is 0 Å². The van der Waals surface area contributed by atoms with E-state index in [2.05, 4.69) is 10.6 Å². The number of methoxy groups -OCH3 is 1. The maximum atomic E-state index is 13.4. The summed E-state index contributed by atoms with van der Waals surface area (Å²) < 4.78 is 80.5. The molecule has 5 rings (SSSR count). The topological polar surface area (TPSA) is 102 Å². The van der Waals surface area contributed by atoms with Gasteiger partial charge in [0, 0.05) is 49.4 Å². The van der Waals surface area contributed by atoms with E-state index in [1.165, 1.54) is 48.2 Å². The van der Waals surface area contributed by atoms with Gasteiger partial charge in [-0.15, -0.1) is 11.8 Å². The van der Waals surface area contributed by atoms with Crippen molar-refractivity contribution in [2.45, 2.75) is 28.9 Å². The molecular weight excluding hydrogens is 787 g/mol. The minimum absolute atomic E-state index is 0.0538. The number of nitrogens with one attached hydrogen (secondary N) is 2. The first kappa shape index (κ1) is 40.5. The first-order valence-corrected chi connectivity index (χ1v) is 18.9. The fraction of sp³-hybridized carbons (Fsp3) is 0.111. The molecule has 0 unspecified atom stereocenters. The van der Waals surface area contributed by atoms with Crippen LogP contribution < -0.4 is 15.4 Å². The molecule has 0 saturated carbocycles. The number of anilines is 2. The summed E-state index contributed by atoms with van der Waals surface area (Å²) in [7, 11) is 2.63. The molecular formula is C36H27Cl3F4N2O5S2. The van der Waals surface area contributed by atoms with Crippen molar-refractivity contribution in [1.29, 1.82) is 0 Å². The Morgan fingerprint density at radius 2 is 1.21 bits per heavy atom. The van der Waals surface area contributed by atoms with Crippen molar-refractivity contribution in [3.8, 4) is 5.75 Å². The number of thioether (sulfide) groups is 1. The molecule has 0 heterocycles. The van der Waals surface area contributed by atoms with Gasteiger partial charge in [0.15, 0.2) is 0 Å². The van der Waals surface area contributed by atoms with Crippen LogP contribution in [0.2, 0.25) is 10.0 Å². The molecule has 2 amide bonds. The van der Waals surface area contributed by atoms with Crippen LogP contribution in [0.5, 0.6) is 5.75 Å². The van der Waals surface area contributed by atoms with Gasteiger partial charge < -0.3 is 15.4 Å². The minimum atomic E-state index is -4.21. The van der Waals surface area contributed by atoms with E-state index in [9.17, 15) is 35.6 Å². The Labute approximate surface area is 315 Å². The second-order valence-electron chi connectivity index (χ2n) is 10.7. The Morgan fingerprint density at radius 1 is 0.712 bits per heavy atom. The smallest absolute Gasteiger partial charge is 0.261 e. The predicted molar refractivity (Wildman–Crippen MR) is 197 cm³/mol. The molecule has 0 atom stereocenters. The summed E-state index contributed by atoms with van der Waals surface area (Å²) in [6, 6.07) is 23.3. The zero-order valence-electron chi connectivity index (χ0n) is 26.9. The van der Waals surface area contributed by atoms with Gasteiger partial charge in [-0.1, -0.05) is 47.5 Å². The number of carbonyl (C=O) groups excluding carboxylic acids is 2. The number of hydrogen-bond donors (Lipinski definition) is 2. The van der Waals surface area contributed by atoms with Crippen molar-refractivity contribution >= 4 is 77.9 Å². The van der Waals surface area contributed by atoms with Crippen LogP contribution in [-0.4, -0.2) is 27.3 Å². The van der Waals surface area contributed by atoms with Gasteiger partial charge in [0.1, 0.15) is 30.7 Å². The summed E-state index contributed by atoms with van der Waals surface area (Å²) in [5.74, 6) is -0.885. The number of benzene rings is 5. The third kappa shape index (κ3) is 11.1. The molecule has 0 aliphatic heterocycles. The lowest BCUT2D eigenvalue weighted by Crippen LogP contribution is -2.13. The van der Waals surface area contributed by atoms with Crippen LogP contribution in [0.1, 0.15) is 37.4 Å². The zero-order chi connectivity index (χ0) is 38.0. The normalized spacial score (nSPS) is 10.9. The van der Waals surface area contributed by atoms with Crippen molar-refractivity contribution < 1.29 is 40.3 Å². The number of amides is 2. The maximum absolute atomic E-state index is 13.4. The molecule has 0 radical (unpaired) electrons. The molecule has 0 aliphatic carbocycles. The molecule has 5 aromatic carbocycles. The fourth-order valence-electron chi connectivity index (χ4n) is 4.41. The number of alkyl halides is 2. The summed E-state index contributed by atoms with van der Waals surface area (Å²) in [6.45, 7) is -1.67. The second kappa shape index (κ2) is 18.5. The summed E-state index contributed by atoms with van der Waals surface area (Å²) in [4.78, 5) is 24.9. The second-order valence-corrected chi connectivity index (χ2v) is 15.0. The van der Waals surface area contributed by atoms with E-state index >= 15 is 0 Å². The highest BCUT2D eigenvalue weighted by atomic mass is 35.7. The lowest BCUT2D eigenvalue weighted by Gasteiger charge is -2.11. The summed E-state index contributed by atoms with van der Waals surface area (Å²) in [5, 5.41) is 4.83. The molecule has 272 valence electrons. The van der Waals surface area contributed by atoms with Crippen molar-refractivity contribution in [2.75, 3.05) is 17.7 Å². The van der Waals surface area contributed by atoms with Crippen LogP contribution >= 0.6 is 45.6 Å². The van der Waals surface area contributed by atoms with Crippen molar-refractivity contribution in [3.63, 3.8) is 0 Å². The van der Waals surface area contributed by atoms with Gasteiger partial charge in [0.25, 0.3) is 20.9 Å². The number of halogens is 7. The van der Waals surface area contributed by atoms with Gasteiger partial charge in [-0.2, -0.15) is 0 Å². The molecule has 16 heteroatoms. The Bertz CT molecular complexity index is 2190. The first-order chi connectivity index (χ1) is 24.7. The lowest BCUT2D eigenvalue weighted by molar-refractivity contribution is 0.101. The summed E-state index contributed by atoms with van der Waals surface area (Å²) >= 11 is 12.8. The van der Waals surface area contributed by atoms with Gasteiger partial charge in [0.2, 0.25) is 0 Å². The van der Waals surface area contributed by atoms with Gasteiger partial charge in [0.05, 0.1) is 22.1 Å². The predicted octanol–water partition coefficient (Wildman–Crippen LogP) is 10.6. The average molecular weight is 814 g/mol. The Hall–Kier alpha value is -4.27. The van der Waals surface area contributed by atoms with Gasteiger partial charge in [-0.25, -0.2) is 26.0 Å². The van der Waals surface area contributed by atoms with Crippen LogP contribution in [0, 0.1) is 11.6 Å². The van der Waals surface area contributed by atoms with Gasteiger partial charge >= 0.3 is 0 Å². The van der Waals surface area contributed by atoms with E-state index in [0.29, 0.717) is 27.5 Å². The van der Waals surface area contributed by atoms with Crippen LogP contribution in [0.3, 0.4) is 0 Å². The molecule has 52 heavy (non-hydrogen) atoms. The summed E-state index contributed by atoms with van der Waals surface area (Å²) in [6.07, 6.45) is 0. The van der Waals surface area contributed by atoms with E-state index in [-0.39, 0.29) is 32.8 Å². The molecule has 0 saturated heterocycles. The zero-order valence-corrected chi connectivity index (χ0v) is 30.8. The highest BCUT2D eigenvalue weighted by Gasteiger charge is 2.19. The average Bonchev–Trinajstić information content (AvgIpc) is 3.13. The number of ether oxygens (including phenoxy) is 1. The van der Waals surface area contributed by atoms with E-state index < -0.39 is 44.8 Å². The standard InChI is InChI=1S/C22H18ClF2NO2S.C14H9Cl2F2NO3S/c1-28-18-7-2-14(3-8-18)13-29-21-10-15(4-5-16(21)12-24)22(27)26-17-6-9-20(25)19(23)11-17;15-11-6-10(3-4-12(11)18)19-14(20)8-1-2-9(7-17)13(5-8)23(16,21)22/h2-11H,12-13H2,1H3,(H,26,27);1-6H,7H2,(H,19,20). The lowest BCUT2D eigenvalue weighted by atomic mass is 10.1. The number of carbonyl (C=O) groups is 2. The molecule has 0 aliphatic rings. The van der Waals surface area contributed by atoms with Crippen LogP contribution in [0.25, 0.3) is 0 Å². The molecule has 2 N–H and O–H groups in total. The molecule has 0 spiro atoms. The quantitative estimate of drug-likeness (QED) is 0.0782. The highest BCUT2D eigenvalue weighted by Crippen LogP contribution is 2.30. The van der Waals surface area contributed by atoms with E-state index in [0.717, 1.165) is 29.5 Å². The van der Waals surface area contributed by atoms with E-state index in [1.54, 1.807) is 25.3 Å². The summed E-state index contributed by atoms with van der Waals surface area (Å²) in [5.41, 5.74) is 2.33. The minimum Gasteiger partial charge on any atom is -0.497 e. The Balaban J connectivity index is 0.000000239. The number of rotatable bonds is 11. The molecule has 5 aromatic rings.